The van der Waals surface area contributed by atoms with Gasteiger partial charge in [-0.25, -0.2) is 0 Å². The molecule has 2 aliphatic rings. The second-order valence-electron chi connectivity index (χ2n) is 6.19. The lowest BCUT2D eigenvalue weighted by Crippen LogP contribution is -2.50. The van der Waals surface area contributed by atoms with Crippen molar-refractivity contribution in [1.82, 2.24) is 10.6 Å². The number of hydrogen-bond acceptors (Lipinski definition) is 2. The molecule has 1 saturated heterocycles. The van der Waals surface area contributed by atoms with Crippen molar-refractivity contribution in [3.05, 3.63) is 35.9 Å². The van der Waals surface area contributed by atoms with Crippen molar-refractivity contribution in [2.75, 3.05) is 6.54 Å². The maximum atomic E-state index is 11.2. The maximum Gasteiger partial charge on any atom is 0.220 e. The second-order valence-corrected chi connectivity index (χ2v) is 6.19. The molecule has 3 heteroatoms. The molecule has 2 fully saturated rings. The molecule has 1 aromatic carbocycles. The van der Waals surface area contributed by atoms with E-state index in [9.17, 15) is 4.79 Å². The van der Waals surface area contributed by atoms with Gasteiger partial charge in [0.25, 0.3) is 0 Å². The average molecular weight is 272 g/mol. The molecule has 0 radical (unpaired) electrons. The van der Waals surface area contributed by atoms with Crippen LogP contribution in [-0.4, -0.2) is 24.5 Å². The van der Waals surface area contributed by atoms with Crippen molar-refractivity contribution in [2.24, 2.45) is 5.92 Å². The SMILES string of the molecule is O=C1CC[C@H](N[C@H]2CCC[C@@H]2Cc2ccccc2)CN1. The number of carbonyl (C=O) groups excluding carboxylic acids is 1. The monoisotopic (exact) mass is 272 g/mol. The van der Waals surface area contributed by atoms with Crippen LogP contribution in [0.25, 0.3) is 0 Å². The molecule has 108 valence electrons. The highest BCUT2D eigenvalue weighted by atomic mass is 16.1. The lowest BCUT2D eigenvalue weighted by molar-refractivity contribution is -0.122. The summed E-state index contributed by atoms with van der Waals surface area (Å²) in [5.41, 5.74) is 1.45. The zero-order chi connectivity index (χ0) is 13.8. The summed E-state index contributed by atoms with van der Waals surface area (Å²) in [4.78, 5) is 11.2. The minimum Gasteiger partial charge on any atom is -0.355 e. The molecule has 20 heavy (non-hydrogen) atoms. The molecule has 0 unspecified atom stereocenters. The Balaban J connectivity index is 1.54. The molecule has 1 aliphatic carbocycles. The van der Waals surface area contributed by atoms with Crippen LogP contribution in [0.15, 0.2) is 30.3 Å². The first-order valence-electron chi connectivity index (χ1n) is 7.88. The Morgan fingerprint density at radius 1 is 1.15 bits per heavy atom. The average Bonchev–Trinajstić information content (AvgIpc) is 2.90. The molecule has 3 rings (SSSR count). The maximum absolute atomic E-state index is 11.2. The molecule has 3 atom stereocenters. The number of benzene rings is 1. The van der Waals surface area contributed by atoms with Crippen molar-refractivity contribution in [3.8, 4) is 0 Å². The van der Waals surface area contributed by atoms with E-state index in [4.69, 9.17) is 0 Å². The Bertz CT molecular complexity index is 436. The lowest BCUT2D eigenvalue weighted by Gasteiger charge is -2.30. The standard InChI is InChI=1S/C17H24N2O/c20-17-10-9-15(12-18-17)19-16-8-4-7-14(16)11-13-5-2-1-3-6-13/h1-3,5-6,14-16,19H,4,7-12H2,(H,18,20)/t14-,15+,16+/m1/s1. The summed E-state index contributed by atoms with van der Waals surface area (Å²) >= 11 is 0. The van der Waals surface area contributed by atoms with Crippen molar-refractivity contribution >= 4 is 5.91 Å². The van der Waals surface area contributed by atoms with Gasteiger partial charge in [0.2, 0.25) is 5.91 Å². The van der Waals surface area contributed by atoms with E-state index in [0.717, 1.165) is 18.9 Å². The van der Waals surface area contributed by atoms with E-state index in [2.05, 4.69) is 41.0 Å². The van der Waals surface area contributed by atoms with Gasteiger partial charge in [-0.2, -0.15) is 0 Å². The Morgan fingerprint density at radius 3 is 2.75 bits per heavy atom. The molecule has 2 N–H and O–H groups in total. The first-order chi connectivity index (χ1) is 9.81. The summed E-state index contributed by atoms with van der Waals surface area (Å²) in [6.07, 6.45) is 6.77. The van der Waals surface area contributed by atoms with Gasteiger partial charge in [0, 0.05) is 25.0 Å². The van der Waals surface area contributed by atoms with Crippen LogP contribution >= 0.6 is 0 Å². The van der Waals surface area contributed by atoms with Crippen LogP contribution in [-0.2, 0) is 11.2 Å². The van der Waals surface area contributed by atoms with E-state index in [0.29, 0.717) is 18.5 Å². The molecule has 0 aromatic heterocycles. The van der Waals surface area contributed by atoms with Gasteiger partial charge < -0.3 is 10.6 Å². The van der Waals surface area contributed by atoms with Gasteiger partial charge in [0.05, 0.1) is 0 Å². The number of amides is 1. The minimum atomic E-state index is 0.204. The Labute approximate surface area is 121 Å². The third-order valence-corrected chi connectivity index (χ3v) is 4.72. The minimum absolute atomic E-state index is 0.204. The fraction of sp³-hybridized carbons (Fsp3) is 0.588. The number of hydrogen-bond donors (Lipinski definition) is 2. The highest BCUT2D eigenvalue weighted by Gasteiger charge is 2.30. The fourth-order valence-corrected chi connectivity index (χ4v) is 3.60. The van der Waals surface area contributed by atoms with Crippen LogP contribution in [0.1, 0.15) is 37.7 Å². The van der Waals surface area contributed by atoms with Crippen molar-refractivity contribution in [2.45, 2.75) is 50.6 Å². The van der Waals surface area contributed by atoms with E-state index >= 15 is 0 Å². The first kappa shape index (κ1) is 13.6. The molecular weight excluding hydrogens is 248 g/mol. The zero-order valence-corrected chi connectivity index (χ0v) is 12.0. The summed E-state index contributed by atoms with van der Waals surface area (Å²) < 4.78 is 0. The van der Waals surface area contributed by atoms with Crippen molar-refractivity contribution in [3.63, 3.8) is 0 Å². The Morgan fingerprint density at radius 2 is 2.00 bits per heavy atom. The third kappa shape index (κ3) is 3.40. The predicted molar refractivity (Wildman–Crippen MR) is 80.4 cm³/mol. The summed E-state index contributed by atoms with van der Waals surface area (Å²) in [5, 5.41) is 6.76. The van der Waals surface area contributed by atoms with Gasteiger partial charge in [-0.15, -0.1) is 0 Å². The van der Waals surface area contributed by atoms with Gasteiger partial charge in [-0.3, -0.25) is 4.79 Å². The van der Waals surface area contributed by atoms with Gasteiger partial charge in [-0.1, -0.05) is 36.8 Å². The van der Waals surface area contributed by atoms with Crippen LogP contribution in [0.5, 0.6) is 0 Å². The number of piperidine rings is 1. The van der Waals surface area contributed by atoms with E-state index in [1.807, 2.05) is 0 Å². The second kappa shape index (κ2) is 6.40. The Hall–Kier alpha value is -1.35. The Kier molecular flexibility index (Phi) is 4.36. The smallest absolute Gasteiger partial charge is 0.220 e. The molecule has 1 heterocycles. The van der Waals surface area contributed by atoms with Crippen LogP contribution in [0.2, 0.25) is 0 Å². The van der Waals surface area contributed by atoms with Crippen LogP contribution in [0, 0.1) is 5.92 Å². The summed E-state index contributed by atoms with van der Waals surface area (Å²) in [5.74, 6) is 0.949. The van der Waals surface area contributed by atoms with E-state index in [-0.39, 0.29) is 5.91 Å². The van der Waals surface area contributed by atoms with E-state index in [1.54, 1.807) is 0 Å². The summed E-state index contributed by atoms with van der Waals surface area (Å²) in [6, 6.07) is 11.9. The van der Waals surface area contributed by atoms with Gasteiger partial charge >= 0.3 is 0 Å². The number of nitrogens with one attached hydrogen (secondary N) is 2. The van der Waals surface area contributed by atoms with Crippen molar-refractivity contribution in [1.29, 1.82) is 0 Å². The molecule has 0 spiro atoms. The van der Waals surface area contributed by atoms with Crippen LogP contribution in [0.3, 0.4) is 0 Å². The topological polar surface area (TPSA) is 41.1 Å². The highest BCUT2D eigenvalue weighted by Crippen LogP contribution is 2.29. The zero-order valence-electron chi connectivity index (χ0n) is 12.0. The third-order valence-electron chi connectivity index (χ3n) is 4.72. The molecule has 1 aromatic rings. The number of rotatable bonds is 4. The van der Waals surface area contributed by atoms with Crippen LogP contribution < -0.4 is 10.6 Å². The fourth-order valence-electron chi connectivity index (χ4n) is 3.60. The quantitative estimate of drug-likeness (QED) is 0.883. The molecule has 1 amide bonds. The molecule has 1 aliphatic heterocycles. The largest absolute Gasteiger partial charge is 0.355 e. The molecular formula is C17H24N2O. The lowest BCUT2D eigenvalue weighted by atomic mass is 9.93. The van der Waals surface area contributed by atoms with E-state index in [1.165, 1.54) is 31.2 Å². The van der Waals surface area contributed by atoms with Gasteiger partial charge in [0.15, 0.2) is 0 Å². The number of carbonyl (C=O) groups is 1. The van der Waals surface area contributed by atoms with Crippen LogP contribution in [0.4, 0.5) is 0 Å². The predicted octanol–water partition coefficient (Wildman–Crippen LogP) is 2.27. The van der Waals surface area contributed by atoms with Gasteiger partial charge in [-0.05, 0) is 37.2 Å². The molecule has 3 nitrogen and oxygen atoms in total. The normalized spacial score (nSPS) is 30.2. The van der Waals surface area contributed by atoms with Gasteiger partial charge in [0.1, 0.15) is 0 Å². The highest BCUT2D eigenvalue weighted by molar-refractivity contribution is 5.76. The molecule has 1 saturated carbocycles. The van der Waals surface area contributed by atoms with E-state index < -0.39 is 0 Å². The van der Waals surface area contributed by atoms with Crippen molar-refractivity contribution < 1.29 is 4.79 Å². The summed E-state index contributed by atoms with van der Waals surface area (Å²) in [6.45, 7) is 0.799. The first-order valence-corrected chi connectivity index (χ1v) is 7.88. The summed E-state index contributed by atoms with van der Waals surface area (Å²) in [7, 11) is 0. The molecule has 0 bridgehead atoms.